The fraction of sp³-hybridized carbons (Fsp3) is 0.222. The Morgan fingerprint density at radius 3 is 1.96 bits per heavy atom. The zero-order valence-electron chi connectivity index (χ0n) is 41.2. The summed E-state index contributed by atoms with van der Waals surface area (Å²) >= 11 is 0. The van der Waals surface area contributed by atoms with Gasteiger partial charge in [0.15, 0.2) is 0 Å². The Kier molecular flexibility index (Phi) is 12.8. The van der Waals surface area contributed by atoms with Crippen LogP contribution in [0.4, 0.5) is 0 Å². The topological polar surface area (TPSA) is 56.7 Å². The van der Waals surface area contributed by atoms with Crippen molar-refractivity contribution in [2.24, 2.45) is 0 Å². The Labute approximate surface area is 420 Å². The molecule has 11 aromatic rings. The van der Waals surface area contributed by atoms with Crippen molar-refractivity contribution >= 4 is 54.5 Å². The summed E-state index contributed by atoms with van der Waals surface area (Å²) in [5, 5.41) is 7.16. The summed E-state index contributed by atoms with van der Waals surface area (Å²) in [4.78, 5) is 14.2. The number of hydrogen-bond donors (Lipinski definition) is 0. The summed E-state index contributed by atoms with van der Waals surface area (Å²) in [6.45, 7) is 22.5. The zero-order valence-corrected chi connectivity index (χ0v) is 43.6. The number of furan rings is 1. The fourth-order valence-electron chi connectivity index (χ4n) is 9.60. The van der Waals surface area contributed by atoms with Crippen LogP contribution in [-0.4, -0.2) is 19.5 Å². The normalized spacial score (nSPS) is 12.1. The van der Waals surface area contributed by atoms with Crippen molar-refractivity contribution in [3.05, 3.63) is 192 Å². The maximum absolute atomic E-state index is 6.96. The summed E-state index contributed by atoms with van der Waals surface area (Å²) in [7, 11) is 0. The van der Waals surface area contributed by atoms with Crippen molar-refractivity contribution in [3.8, 4) is 39.6 Å². The van der Waals surface area contributed by atoms with Crippen LogP contribution >= 0.6 is 0 Å². The average Bonchev–Trinajstić information content (AvgIpc) is 3.91. The molecule has 0 aliphatic carbocycles. The molecule has 0 saturated heterocycles. The molecule has 0 aliphatic heterocycles. The molecular weight excluding hydrogens is 1020 g/mol. The van der Waals surface area contributed by atoms with Crippen LogP contribution in [0.15, 0.2) is 162 Å². The number of hydrogen-bond acceptors (Lipinski definition) is 4. The predicted octanol–water partition coefficient (Wildman–Crippen LogP) is 17.1. The monoisotopic (exact) mass is 1080 g/mol. The Morgan fingerprint density at radius 1 is 0.565 bits per heavy atom. The maximum atomic E-state index is 6.96. The number of nitrogens with zero attached hydrogens (tertiary/aromatic N) is 4. The van der Waals surface area contributed by atoms with E-state index >= 15 is 0 Å². The molecule has 8 aromatic carbocycles. The molecule has 347 valence electrons. The van der Waals surface area contributed by atoms with E-state index in [1.165, 1.54) is 55.0 Å². The van der Waals surface area contributed by atoms with Gasteiger partial charge < -0.3 is 8.98 Å². The first-order valence-corrected chi connectivity index (χ1v) is 23.9. The van der Waals surface area contributed by atoms with Gasteiger partial charge in [0.2, 0.25) is 0 Å². The zero-order chi connectivity index (χ0) is 47.5. The van der Waals surface area contributed by atoms with Gasteiger partial charge in [0.1, 0.15) is 5.58 Å². The summed E-state index contributed by atoms with van der Waals surface area (Å²) in [6, 6.07) is 60.3. The molecule has 6 heteroatoms. The van der Waals surface area contributed by atoms with Gasteiger partial charge in [0.05, 0.1) is 28.3 Å². The van der Waals surface area contributed by atoms with E-state index < -0.39 is 0 Å². The third kappa shape index (κ3) is 8.93. The van der Waals surface area contributed by atoms with Gasteiger partial charge in [0, 0.05) is 48.5 Å². The molecule has 0 aliphatic rings. The summed E-state index contributed by atoms with van der Waals surface area (Å²) < 4.78 is 9.34. The molecule has 1 radical (unpaired) electrons. The molecule has 3 heterocycles. The summed E-state index contributed by atoms with van der Waals surface area (Å²) in [6.07, 6.45) is 1.81. The Balaban J connectivity index is 0.000000296. The molecular formula is C63H58IrN4O-2. The molecule has 0 amide bonds. The number of fused-ring (bicyclic) bond motifs is 7. The second-order valence-electron chi connectivity index (χ2n) is 20.7. The van der Waals surface area contributed by atoms with Crippen molar-refractivity contribution in [2.45, 2.75) is 91.9 Å². The van der Waals surface area contributed by atoms with Crippen molar-refractivity contribution in [1.82, 2.24) is 19.5 Å². The molecule has 0 atom stereocenters. The second-order valence-corrected chi connectivity index (χ2v) is 20.7. The van der Waals surface area contributed by atoms with Crippen LogP contribution in [0.25, 0.3) is 94.1 Å². The van der Waals surface area contributed by atoms with Crippen LogP contribution in [0.5, 0.6) is 0 Å². The molecule has 5 nitrogen and oxygen atoms in total. The van der Waals surface area contributed by atoms with E-state index in [0.29, 0.717) is 0 Å². The Bertz CT molecular complexity index is 3620. The van der Waals surface area contributed by atoms with Crippen molar-refractivity contribution in [3.63, 3.8) is 0 Å². The quantitative estimate of drug-likeness (QED) is 0.123. The largest absolute Gasteiger partial charge is 0.501 e. The van der Waals surface area contributed by atoms with E-state index in [4.69, 9.17) is 9.40 Å². The van der Waals surface area contributed by atoms with E-state index in [1.54, 1.807) is 0 Å². The van der Waals surface area contributed by atoms with E-state index in [0.717, 1.165) is 61.4 Å². The standard InChI is InChI=1S/C49H43N2O.C14H15N2.Ir/c1-29(2)37-24-33(31-16-9-8-10-17-31)25-38(30(3)4)46(37)51-44-23-14-13-22-43(44)50-48(51)36-21-15-20-35-41-27-40-39(28-45(41)52-47(35)36)34-19-12-11-18-32(34)26-42(40)49(5,6)7;1-14(2,3)12-9-10-15-13(16-12)11-7-5-4-6-8-11;/h8-20,22-30H,1-7H3;4-7,9-10H,1-3H3;/q2*-1;. The van der Waals surface area contributed by atoms with Gasteiger partial charge in [-0.2, -0.15) is 0 Å². The van der Waals surface area contributed by atoms with Crippen LogP contribution in [-0.2, 0) is 30.9 Å². The molecule has 0 fully saturated rings. The predicted molar refractivity (Wildman–Crippen MR) is 285 cm³/mol. The van der Waals surface area contributed by atoms with Gasteiger partial charge in [-0.15, -0.1) is 54.1 Å². The average molecular weight is 1080 g/mol. The van der Waals surface area contributed by atoms with Crippen LogP contribution in [0.1, 0.15) is 103 Å². The minimum absolute atomic E-state index is 0. The molecule has 3 aromatic heterocycles. The first-order valence-electron chi connectivity index (χ1n) is 23.9. The third-order valence-electron chi connectivity index (χ3n) is 13.1. The van der Waals surface area contributed by atoms with Crippen LogP contribution in [0.2, 0.25) is 0 Å². The van der Waals surface area contributed by atoms with Gasteiger partial charge in [-0.05, 0) is 115 Å². The van der Waals surface area contributed by atoms with Gasteiger partial charge in [-0.25, -0.2) is 0 Å². The molecule has 0 N–H and O–H groups in total. The molecule has 11 rings (SSSR count). The van der Waals surface area contributed by atoms with Gasteiger partial charge >= 0.3 is 0 Å². The number of para-hydroxylation sites is 2. The van der Waals surface area contributed by atoms with Crippen LogP contribution in [0, 0.1) is 12.1 Å². The fourth-order valence-corrected chi connectivity index (χ4v) is 9.60. The van der Waals surface area contributed by atoms with Gasteiger partial charge in [-0.3, -0.25) is 15.0 Å². The minimum Gasteiger partial charge on any atom is -0.501 e. The number of rotatable bonds is 6. The molecule has 0 spiro atoms. The number of benzene rings is 8. The van der Waals surface area contributed by atoms with Gasteiger partial charge in [-0.1, -0.05) is 147 Å². The Morgan fingerprint density at radius 2 is 1.26 bits per heavy atom. The van der Waals surface area contributed by atoms with Crippen molar-refractivity contribution < 1.29 is 24.5 Å². The van der Waals surface area contributed by atoms with Gasteiger partial charge in [0.25, 0.3) is 0 Å². The molecule has 0 saturated carbocycles. The van der Waals surface area contributed by atoms with Crippen molar-refractivity contribution in [1.29, 1.82) is 0 Å². The van der Waals surface area contributed by atoms with E-state index in [1.807, 2.05) is 42.6 Å². The van der Waals surface area contributed by atoms with E-state index in [-0.39, 0.29) is 42.8 Å². The van der Waals surface area contributed by atoms with Crippen LogP contribution in [0.3, 0.4) is 0 Å². The van der Waals surface area contributed by atoms with E-state index in [9.17, 15) is 0 Å². The van der Waals surface area contributed by atoms with Crippen LogP contribution < -0.4 is 0 Å². The molecule has 69 heavy (non-hydrogen) atoms. The first kappa shape index (κ1) is 47.3. The summed E-state index contributed by atoms with van der Waals surface area (Å²) in [5.74, 6) is 2.13. The SMILES string of the molecule is CC(C)(C)c1ccnc(-c2[c-]cccc2)n1.CC(C)c1cc(-c2ccccc2)cc(C(C)C)c1-n1c(-c2[c-]ccc3c2oc2cc4c(cc23)c(C(C)(C)C)cc2ccccc24)nc2ccccc21.[Ir]. The minimum atomic E-state index is -0.0302. The molecule has 0 bridgehead atoms. The maximum Gasteiger partial charge on any atom is 0.121 e. The first-order chi connectivity index (χ1) is 32.7. The van der Waals surface area contributed by atoms with E-state index in [2.05, 4.69) is 211 Å². The summed E-state index contributed by atoms with van der Waals surface area (Å²) in [5.41, 5.74) is 14.2. The smallest absolute Gasteiger partial charge is 0.121 e. The van der Waals surface area contributed by atoms with Crippen molar-refractivity contribution in [2.75, 3.05) is 0 Å². The third-order valence-corrected chi connectivity index (χ3v) is 13.1. The molecule has 0 unspecified atom stereocenters. The number of imidazole rings is 1. The second kappa shape index (κ2) is 18.6. The number of aromatic nitrogens is 4. The Hall–Kier alpha value is -6.72.